The quantitative estimate of drug-likeness (QED) is 0.831. The number of ether oxygens (including phenoxy) is 2. The first-order chi connectivity index (χ1) is 9.31. The van der Waals surface area contributed by atoms with Gasteiger partial charge >= 0.3 is 12.1 Å². The van der Waals surface area contributed by atoms with Crippen LogP contribution in [0.3, 0.4) is 0 Å². The summed E-state index contributed by atoms with van der Waals surface area (Å²) in [4.78, 5) is 31.4. The molecule has 110 valence electrons. The standard InChI is InChI=1S/C13H19N3O4/c1-13(2,3)20-12(18)16-9(11(17)19-4)8-10-14-6-5-7-15-10/h5-7,9H,8H2,1-4H3,(H,16,18). The number of methoxy groups -OCH3 is 1. The molecule has 20 heavy (non-hydrogen) atoms. The van der Waals surface area contributed by atoms with E-state index in [4.69, 9.17) is 4.74 Å². The molecule has 0 aliphatic heterocycles. The van der Waals surface area contributed by atoms with E-state index in [1.807, 2.05) is 0 Å². The fourth-order valence-corrected chi connectivity index (χ4v) is 1.40. The number of esters is 1. The minimum absolute atomic E-state index is 0.132. The van der Waals surface area contributed by atoms with Gasteiger partial charge in [-0.1, -0.05) is 0 Å². The van der Waals surface area contributed by atoms with Gasteiger partial charge in [-0.25, -0.2) is 19.6 Å². The van der Waals surface area contributed by atoms with Crippen molar-refractivity contribution in [1.82, 2.24) is 15.3 Å². The van der Waals surface area contributed by atoms with Crippen molar-refractivity contribution < 1.29 is 19.1 Å². The van der Waals surface area contributed by atoms with E-state index in [9.17, 15) is 9.59 Å². The first-order valence-electron chi connectivity index (χ1n) is 6.15. The van der Waals surface area contributed by atoms with Crippen LogP contribution < -0.4 is 5.32 Å². The van der Waals surface area contributed by atoms with Crippen LogP contribution in [-0.2, 0) is 20.7 Å². The van der Waals surface area contributed by atoms with E-state index in [0.29, 0.717) is 5.82 Å². The second kappa shape index (κ2) is 6.83. The molecule has 0 radical (unpaired) electrons. The van der Waals surface area contributed by atoms with Gasteiger partial charge in [0.2, 0.25) is 0 Å². The van der Waals surface area contributed by atoms with Crippen molar-refractivity contribution >= 4 is 12.1 Å². The molecule has 1 N–H and O–H groups in total. The Bertz CT molecular complexity index is 456. The fourth-order valence-electron chi connectivity index (χ4n) is 1.40. The first-order valence-corrected chi connectivity index (χ1v) is 6.15. The molecule has 1 amide bonds. The Morgan fingerprint density at radius 3 is 2.40 bits per heavy atom. The van der Waals surface area contributed by atoms with Gasteiger partial charge in [0.15, 0.2) is 0 Å². The average Bonchev–Trinajstić information content (AvgIpc) is 2.36. The number of carbonyl (C=O) groups excluding carboxylic acids is 2. The molecule has 0 aliphatic carbocycles. The van der Waals surface area contributed by atoms with Crippen LogP contribution in [0.2, 0.25) is 0 Å². The molecule has 7 nitrogen and oxygen atoms in total. The van der Waals surface area contributed by atoms with E-state index >= 15 is 0 Å². The van der Waals surface area contributed by atoms with Crippen LogP contribution in [0.1, 0.15) is 26.6 Å². The zero-order valence-electron chi connectivity index (χ0n) is 12.0. The summed E-state index contributed by atoms with van der Waals surface area (Å²) in [5, 5.41) is 2.46. The lowest BCUT2D eigenvalue weighted by Crippen LogP contribution is -2.45. The summed E-state index contributed by atoms with van der Waals surface area (Å²) in [7, 11) is 1.25. The normalized spacial score (nSPS) is 12.4. The smallest absolute Gasteiger partial charge is 0.408 e. The van der Waals surface area contributed by atoms with Gasteiger partial charge in [-0.2, -0.15) is 0 Å². The van der Waals surface area contributed by atoms with E-state index in [-0.39, 0.29) is 6.42 Å². The van der Waals surface area contributed by atoms with Crippen LogP contribution in [0, 0.1) is 0 Å². The number of alkyl carbamates (subject to hydrolysis) is 1. The summed E-state index contributed by atoms with van der Waals surface area (Å²) >= 11 is 0. The first kappa shape index (κ1) is 15.9. The molecule has 0 saturated carbocycles. The minimum atomic E-state index is -0.891. The Morgan fingerprint density at radius 2 is 1.90 bits per heavy atom. The van der Waals surface area contributed by atoms with E-state index in [1.165, 1.54) is 7.11 Å². The van der Waals surface area contributed by atoms with Crippen molar-refractivity contribution in [2.45, 2.75) is 38.8 Å². The summed E-state index contributed by atoms with van der Waals surface area (Å²) < 4.78 is 9.75. The molecule has 0 aliphatic rings. The van der Waals surface area contributed by atoms with E-state index in [2.05, 4.69) is 20.0 Å². The second-order valence-electron chi connectivity index (χ2n) is 5.09. The van der Waals surface area contributed by atoms with Gasteiger partial charge in [0.25, 0.3) is 0 Å². The number of amides is 1. The number of nitrogens with one attached hydrogen (secondary N) is 1. The summed E-state index contributed by atoms with van der Waals surface area (Å²) in [5.41, 5.74) is -0.645. The Balaban J connectivity index is 2.70. The number of rotatable bonds is 4. The topological polar surface area (TPSA) is 90.4 Å². The molecule has 7 heteroatoms. The third-order valence-electron chi connectivity index (χ3n) is 2.18. The van der Waals surface area contributed by atoms with Crippen molar-refractivity contribution in [2.75, 3.05) is 7.11 Å². The van der Waals surface area contributed by atoms with Gasteiger partial charge < -0.3 is 14.8 Å². The maximum atomic E-state index is 11.7. The molecule has 0 saturated heterocycles. The van der Waals surface area contributed by atoms with Gasteiger partial charge in [-0.05, 0) is 26.8 Å². The molecular formula is C13H19N3O4. The van der Waals surface area contributed by atoms with Gasteiger partial charge in [0.1, 0.15) is 17.5 Å². The molecule has 1 atom stereocenters. The maximum Gasteiger partial charge on any atom is 0.408 e. The highest BCUT2D eigenvalue weighted by Gasteiger charge is 2.26. The van der Waals surface area contributed by atoms with E-state index in [0.717, 1.165) is 0 Å². The Hall–Kier alpha value is -2.18. The fraction of sp³-hybridized carbons (Fsp3) is 0.538. The van der Waals surface area contributed by atoms with Gasteiger partial charge in [0.05, 0.1) is 7.11 Å². The SMILES string of the molecule is COC(=O)C(Cc1ncccn1)NC(=O)OC(C)(C)C. The van der Waals surface area contributed by atoms with E-state index < -0.39 is 23.7 Å². The van der Waals surface area contributed by atoms with Crippen molar-refractivity contribution in [3.63, 3.8) is 0 Å². The zero-order chi connectivity index (χ0) is 15.2. The molecular weight excluding hydrogens is 262 g/mol. The van der Waals surface area contributed by atoms with Crippen LogP contribution in [0.5, 0.6) is 0 Å². The lowest BCUT2D eigenvalue weighted by atomic mass is 10.2. The summed E-state index contributed by atoms with van der Waals surface area (Å²) in [6.07, 6.45) is 2.56. The third-order valence-corrected chi connectivity index (χ3v) is 2.18. The van der Waals surface area contributed by atoms with Crippen LogP contribution in [0.25, 0.3) is 0 Å². The highest BCUT2D eigenvalue weighted by Crippen LogP contribution is 2.07. The Labute approximate surface area is 117 Å². The second-order valence-corrected chi connectivity index (χ2v) is 5.09. The molecule has 0 aromatic carbocycles. The lowest BCUT2D eigenvalue weighted by molar-refractivity contribution is -0.143. The lowest BCUT2D eigenvalue weighted by Gasteiger charge is -2.22. The maximum absolute atomic E-state index is 11.7. The molecule has 0 fully saturated rings. The number of carbonyl (C=O) groups is 2. The Kier molecular flexibility index (Phi) is 5.42. The average molecular weight is 281 g/mol. The number of nitrogens with zero attached hydrogens (tertiary/aromatic N) is 2. The highest BCUT2D eigenvalue weighted by molar-refractivity contribution is 5.81. The molecule has 0 bridgehead atoms. The van der Waals surface area contributed by atoms with Crippen molar-refractivity contribution in [2.24, 2.45) is 0 Å². The summed E-state index contributed by atoms with van der Waals surface area (Å²) in [6.45, 7) is 5.21. The highest BCUT2D eigenvalue weighted by atomic mass is 16.6. The predicted octanol–water partition coefficient (Wildman–Crippen LogP) is 1.09. The number of hydrogen-bond donors (Lipinski definition) is 1. The van der Waals surface area contributed by atoms with Gasteiger partial charge in [-0.15, -0.1) is 0 Å². The molecule has 1 aromatic heterocycles. The van der Waals surface area contributed by atoms with Crippen LogP contribution in [-0.4, -0.2) is 40.8 Å². The Morgan fingerprint density at radius 1 is 1.30 bits per heavy atom. The van der Waals surface area contributed by atoms with Crippen molar-refractivity contribution in [1.29, 1.82) is 0 Å². The molecule has 1 rings (SSSR count). The van der Waals surface area contributed by atoms with Crippen LogP contribution in [0.4, 0.5) is 4.79 Å². The molecule has 1 unspecified atom stereocenters. The van der Waals surface area contributed by atoms with E-state index in [1.54, 1.807) is 39.2 Å². The predicted molar refractivity (Wildman–Crippen MR) is 70.9 cm³/mol. The summed E-state index contributed by atoms with van der Waals surface area (Å²) in [5.74, 6) is -0.151. The van der Waals surface area contributed by atoms with Crippen LogP contribution >= 0.6 is 0 Å². The largest absolute Gasteiger partial charge is 0.467 e. The third kappa shape index (κ3) is 5.64. The number of aromatic nitrogens is 2. The minimum Gasteiger partial charge on any atom is -0.467 e. The van der Waals surface area contributed by atoms with Crippen molar-refractivity contribution in [3.05, 3.63) is 24.3 Å². The monoisotopic (exact) mass is 281 g/mol. The summed E-state index contributed by atoms with van der Waals surface area (Å²) in [6, 6.07) is 0.773. The van der Waals surface area contributed by atoms with Gasteiger partial charge in [-0.3, -0.25) is 0 Å². The van der Waals surface area contributed by atoms with Crippen molar-refractivity contribution in [3.8, 4) is 0 Å². The molecule has 1 heterocycles. The number of hydrogen-bond acceptors (Lipinski definition) is 6. The van der Waals surface area contributed by atoms with Crippen LogP contribution in [0.15, 0.2) is 18.5 Å². The zero-order valence-corrected chi connectivity index (χ0v) is 12.0. The molecule has 1 aromatic rings. The molecule has 0 spiro atoms. The van der Waals surface area contributed by atoms with Gasteiger partial charge in [0, 0.05) is 18.8 Å².